The van der Waals surface area contributed by atoms with E-state index in [4.69, 9.17) is 5.14 Å². The Kier molecular flexibility index (Phi) is 6.50. The minimum absolute atomic E-state index is 0.0128. The van der Waals surface area contributed by atoms with Crippen molar-refractivity contribution in [2.24, 2.45) is 10.3 Å². The van der Waals surface area contributed by atoms with Gasteiger partial charge >= 0.3 is 6.18 Å². The topological polar surface area (TPSA) is 148 Å². The molecular weight excluding hydrogens is 477 g/mol. The Morgan fingerprint density at radius 2 is 1.62 bits per heavy atom. The first kappa shape index (κ1) is 25.2. The SMILES string of the molecule is CC(=O)C(C)(N=O)C(=O)c1ccc(-c2cc(C(F)(F)F)nn2-c2ccc(S(N)(O)O)cc2)cc1. The predicted molar refractivity (Wildman–Crippen MR) is 119 cm³/mol. The first-order valence-corrected chi connectivity index (χ1v) is 11.1. The molecule has 0 amide bonds. The van der Waals surface area contributed by atoms with E-state index in [1.165, 1.54) is 48.5 Å². The first-order valence-electron chi connectivity index (χ1n) is 9.53. The van der Waals surface area contributed by atoms with Gasteiger partial charge in [0, 0.05) is 11.1 Å². The van der Waals surface area contributed by atoms with Crippen molar-refractivity contribution in [3.8, 4) is 16.9 Å². The number of Topliss-reactive ketones (excluding diaryl/α,β-unsaturated/α-hetero) is 2. The highest BCUT2D eigenvalue weighted by atomic mass is 32.3. The molecule has 0 radical (unpaired) electrons. The van der Waals surface area contributed by atoms with Gasteiger partial charge in [0.25, 0.3) is 0 Å². The lowest BCUT2D eigenvalue weighted by Crippen LogP contribution is -2.40. The number of nitroso groups, excluding NO2 is 1. The number of nitrogens with two attached hydrogens (primary N) is 1. The molecule has 9 nitrogen and oxygen atoms in total. The van der Waals surface area contributed by atoms with Crippen LogP contribution in [0.2, 0.25) is 0 Å². The zero-order chi connectivity index (χ0) is 25.5. The van der Waals surface area contributed by atoms with Gasteiger partial charge in [0.1, 0.15) is 0 Å². The second-order valence-corrected chi connectivity index (χ2v) is 9.19. The van der Waals surface area contributed by atoms with E-state index < -0.39 is 39.8 Å². The van der Waals surface area contributed by atoms with E-state index in [2.05, 4.69) is 10.3 Å². The van der Waals surface area contributed by atoms with Gasteiger partial charge in [-0.25, -0.2) is 9.82 Å². The minimum atomic E-state index is -4.75. The Hall–Kier alpha value is -3.39. The maximum absolute atomic E-state index is 13.4. The molecule has 180 valence electrons. The number of hydrogen-bond acceptors (Lipinski definition) is 8. The smallest absolute Gasteiger partial charge is 0.297 e. The molecule has 0 saturated carbocycles. The highest BCUT2D eigenvalue weighted by Crippen LogP contribution is 2.40. The van der Waals surface area contributed by atoms with E-state index in [1.807, 2.05) is 0 Å². The first-order chi connectivity index (χ1) is 15.7. The molecule has 0 fully saturated rings. The van der Waals surface area contributed by atoms with Crippen LogP contribution in [0.3, 0.4) is 0 Å². The monoisotopic (exact) mass is 496 g/mol. The number of nitrogens with zero attached hydrogens (tertiary/aromatic N) is 3. The number of aromatic nitrogens is 2. The van der Waals surface area contributed by atoms with Crippen LogP contribution in [0, 0.1) is 4.91 Å². The predicted octanol–water partition coefficient (Wildman–Crippen LogP) is 4.84. The van der Waals surface area contributed by atoms with Crippen LogP contribution in [0.15, 0.2) is 64.7 Å². The Bertz CT molecular complexity index is 1250. The Labute approximate surface area is 192 Å². The Balaban J connectivity index is 2.08. The molecule has 0 aliphatic rings. The van der Waals surface area contributed by atoms with Gasteiger partial charge < -0.3 is 0 Å². The summed E-state index contributed by atoms with van der Waals surface area (Å²) < 4.78 is 60.2. The van der Waals surface area contributed by atoms with Gasteiger partial charge in [0.15, 0.2) is 11.5 Å². The van der Waals surface area contributed by atoms with Gasteiger partial charge in [-0.15, -0.1) is 15.7 Å². The molecule has 1 aromatic heterocycles. The van der Waals surface area contributed by atoms with Gasteiger partial charge in [0.2, 0.25) is 11.3 Å². The summed E-state index contributed by atoms with van der Waals surface area (Å²) in [5.74, 6) is -1.59. The van der Waals surface area contributed by atoms with Crippen LogP contribution in [0.5, 0.6) is 0 Å². The Morgan fingerprint density at radius 1 is 1.06 bits per heavy atom. The minimum Gasteiger partial charge on any atom is -0.297 e. The Morgan fingerprint density at radius 3 is 2.06 bits per heavy atom. The fourth-order valence-corrected chi connectivity index (χ4v) is 3.59. The number of carbonyl (C=O) groups excluding carboxylic acids is 2. The van der Waals surface area contributed by atoms with Crippen molar-refractivity contribution in [3.63, 3.8) is 0 Å². The molecule has 0 spiro atoms. The lowest BCUT2D eigenvalue weighted by atomic mass is 9.88. The maximum Gasteiger partial charge on any atom is 0.435 e. The molecule has 0 bridgehead atoms. The van der Waals surface area contributed by atoms with Crippen LogP contribution >= 0.6 is 10.8 Å². The van der Waals surface area contributed by atoms with E-state index in [0.29, 0.717) is 0 Å². The largest absolute Gasteiger partial charge is 0.435 e. The average molecular weight is 496 g/mol. The van der Waals surface area contributed by atoms with Crippen LogP contribution in [0.1, 0.15) is 29.9 Å². The molecule has 0 aliphatic carbocycles. The van der Waals surface area contributed by atoms with Crippen LogP contribution in [-0.4, -0.2) is 36.0 Å². The van der Waals surface area contributed by atoms with Crippen molar-refractivity contribution >= 4 is 22.3 Å². The molecule has 1 atom stereocenters. The van der Waals surface area contributed by atoms with Crippen molar-refractivity contribution in [1.29, 1.82) is 0 Å². The number of hydrogen-bond donors (Lipinski definition) is 3. The summed E-state index contributed by atoms with van der Waals surface area (Å²) in [4.78, 5) is 35.4. The summed E-state index contributed by atoms with van der Waals surface area (Å²) in [5.41, 5.74) is -2.89. The second-order valence-electron chi connectivity index (χ2n) is 7.54. The van der Waals surface area contributed by atoms with Crippen LogP contribution in [0.4, 0.5) is 13.2 Å². The molecule has 3 aromatic rings. The number of ketones is 2. The molecule has 2 aromatic carbocycles. The maximum atomic E-state index is 13.4. The van der Waals surface area contributed by atoms with Gasteiger partial charge in [-0.2, -0.15) is 18.3 Å². The van der Waals surface area contributed by atoms with Crippen molar-refractivity contribution in [2.45, 2.75) is 30.5 Å². The molecule has 4 N–H and O–H groups in total. The van der Waals surface area contributed by atoms with Crippen LogP contribution < -0.4 is 5.14 Å². The molecule has 0 aliphatic heterocycles. The van der Waals surface area contributed by atoms with E-state index >= 15 is 0 Å². The van der Waals surface area contributed by atoms with Gasteiger partial charge in [-0.1, -0.05) is 24.3 Å². The summed E-state index contributed by atoms with van der Waals surface area (Å²) in [6.07, 6.45) is -4.75. The summed E-state index contributed by atoms with van der Waals surface area (Å²) in [6.45, 7) is 2.14. The number of halogens is 3. The zero-order valence-electron chi connectivity index (χ0n) is 17.8. The lowest BCUT2D eigenvalue weighted by Gasteiger charge is -2.26. The van der Waals surface area contributed by atoms with E-state index in [9.17, 15) is 36.8 Å². The third kappa shape index (κ3) is 4.77. The molecule has 3 rings (SSSR count). The average Bonchev–Trinajstić information content (AvgIpc) is 3.23. The summed E-state index contributed by atoms with van der Waals surface area (Å²) >= 11 is 0. The number of carbonyl (C=O) groups is 2. The zero-order valence-corrected chi connectivity index (χ0v) is 18.6. The van der Waals surface area contributed by atoms with Crippen molar-refractivity contribution in [1.82, 2.24) is 9.78 Å². The van der Waals surface area contributed by atoms with E-state index in [1.54, 1.807) is 0 Å². The number of rotatable bonds is 7. The lowest BCUT2D eigenvalue weighted by molar-refractivity contribution is -0.141. The van der Waals surface area contributed by atoms with Gasteiger partial charge in [-0.05, 0) is 49.4 Å². The molecule has 1 unspecified atom stereocenters. The molecule has 1 heterocycles. The van der Waals surface area contributed by atoms with Crippen LogP contribution in [-0.2, 0) is 11.0 Å². The molecule has 0 saturated heterocycles. The summed E-state index contributed by atoms with van der Waals surface area (Å²) in [6, 6.07) is 11.2. The third-order valence-electron chi connectivity index (χ3n) is 5.18. The standard InChI is InChI=1S/C21H19F3N4O5S/c1-12(29)20(2,27-31)19(30)14-5-3-13(4-6-14)17-11-18(21(22,23)24)26-28(17)15-7-9-16(10-8-15)34(25,32)33/h3-11,32-33H,25H2,1-2H3. The van der Waals surface area contributed by atoms with Crippen molar-refractivity contribution in [2.75, 3.05) is 0 Å². The second kappa shape index (κ2) is 8.76. The summed E-state index contributed by atoms with van der Waals surface area (Å²) in [7, 11) is -3.51. The highest BCUT2D eigenvalue weighted by Gasteiger charge is 2.40. The normalized spacial score (nSPS) is 14.4. The van der Waals surface area contributed by atoms with Gasteiger partial charge in [-0.3, -0.25) is 18.7 Å². The van der Waals surface area contributed by atoms with Gasteiger partial charge in [0.05, 0.1) is 16.3 Å². The number of benzene rings is 2. The fraction of sp³-hybridized carbons (Fsp3) is 0.190. The van der Waals surface area contributed by atoms with E-state index in [-0.39, 0.29) is 27.4 Å². The third-order valence-corrected chi connectivity index (χ3v) is 6.15. The summed E-state index contributed by atoms with van der Waals surface area (Å²) in [5, 5.41) is 11.6. The molecule has 34 heavy (non-hydrogen) atoms. The number of alkyl halides is 3. The molecular formula is C21H19F3N4O5S. The van der Waals surface area contributed by atoms with E-state index in [0.717, 1.165) is 24.6 Å². The van der Waals surface area contributed by atoms with Crippen LogP contribution in [0.25, 0.3) is 16.9 Å². The highest BCUT2D eigenvalue weighted by molar-refractivity contribution is 8.22. The van der Waals surface area contributed by atoms with Crippen molar-refractivity contribution < 1.29 is 31.9 Å². The quantitative estimate of drug-likeness (QED) is 0.241. The van der Waals surface area contributed by atoms with Crippen molar-refractivity contribution in [3.05, 3.63) is 70.8 Å². The fourth-order valence-electron chi connectivity index (χ4n) is 3.05. The molecule has 13 heteroatoms.